The van der Waals surface area contributed by atoms with Crippen molar-refractivity contribution in [3.63, 3.8) is 0 Å². The smallest absolute Gasteiger partial charge is 0.342 e. The second-order valence-corrected chi connectivity index (χ2v) is 5.21. The van der Waals surface area contributed by atoms with Crippen molar-refractivity contribution >= 4 is 16.9 Å². The van der Waals surface area contributed by atoms with E-state index in [-0.39, 0.29) is 0 Å². The first-order chi connectivity index (χ1) is 11.2. The molecule has 0 amide bonds. The summed E-state index contributed by atoms with van der Waals surface area (Å²) in [6.07, 6.45) is 0. The van der Waals surface area contributed by atoms with Gasteiger partial charge in [0.25, 0.3) is 0 Å². The van der Waals surface area contributed by atoms with E-state index in [1.807, 2.05) is 49.4 Å². The number of fused-ring (bicyclic) bond motifs is 1. The monoisotopic (exact) mass is 310 g/mol. The molecule has 0 aliphatic rings. The zero-order chi connectivity index (χ0) is 16.4. The summed E-state index contributed by atoms with van der Waals surface area (Å²) in [6.45, 7) is 4.03. The van der Waals surface area contributed by atoms with E-state index in [1.165, 1.54) is 0 Å². The second kappa shape index (κ2) is 6.16. The number of benzene rings is 2. The van der Waals surface area contributed by atoms with Crippen molar-refractivity contribution in [3.05, 3.63) is 53.6 Å². The van der Waals surface area contributed by atoms with Gasteiger partial charge in [-0.3, -0.25) is 0 Å². The van der Waals surface area contributed by atoms with E-state index >= 15 is 0 Å². The fourth-order valence-corrected chi connectivity index (χ4v) is 2.64. The third-order valence-electron chi connectivity index (χ3n) is 3.72. The quantitative estimate of drug-likeness (QED) is 0.661. The van der Waals surface area contributed by atoms with Gasteiger partial charge in [-0.2, -0.15) is 0 Å². The summed E-state index contributed by atoms with van der Waals surface area (Å²) < 4.78 is 16.6. The predicted molar refractivity (Wildman–Crippen MR) is 88.9 cm³/mol. The van der Waals surface area contributed by atoms with E-state index in [0.717, 1.165) is 11.1 Å². The number of methoxy groups -OCH3 is 1. The van der Waals surface area contributed by atoms with Crippen LogP contribution in [0.1, 0.15) is 22.8 Å². The van der Waals surface area contributed by atoms with Crippen molar-refractivity contribution in [2.45, 2.75) is 13.8 Å². The van der Waals surface area contributed by atoms with Crippen LogP contribution in [0, 0.1) is 6.92 Å². The maximum absolute atomic E-state index is 12.5. The molecule has 0 saturated carbocycles. The molecular weight excluding hydrogens is 292 g/mol. The first-order valence-corrected chi connectivity index (χ1v) is 7.49. The SMILES string of the molecule is CCOC(=O)c1c(-c2ccccc2)oc2cc(C)c(OC)cc12. The molecule has 0 unspecified atom stereocenters. The first-order valence-electron chi connectivity index (χ1n) is 7.49. The van der Waals surface area contributed by atoms with Gasteiger partial charge < -0.3 is 13.9 Å². The van der Waals surface area contributed by atoms with Gasteiger partial charge in [0.1, 0.15) is 22.7 Å². The zero-order valence-corrected chi connectivity index (χ0v) is 13.4. The van der Waals surface area contributed by atoms with Crippen LogP contribution >= 0.6 is 0 Å². The fourth-order valence-electron chi connectivity index (χ4n) is 2.64. The van der Waals surface area contributed by atoms with Gasteiger partial charge in [-0.25, -0.2) is 4.79 Å². The van der Waals surface area contributed by atoms with Gasteiger partial charge in [0.15, 0.2) is 0 Å². The van der Waals surface area contributed by atoms with Gasteiger partial charge in [-0.05, 0) is 31.5 Å². The lowest BCUT2D eigenvalue weighted by atomic mass is 10.0. The minimum Gasteiger partial charge on any atom is -0.496 e. The van der Waals surface area contributed by atoms with Crippen LogP contribution < -0.4 is 4.74 Å². The highest BCUT2D eigenvalue weighted by Gasteiger charge is 2.24. The van der Waals surface area contributed by atoms with Crippen LogP contribution in [-0.2, 0) is 4.74 Å². The summed E-state index contributed by atoms with van der Waals surface area (Å²) in [5.74, 6) is 0.839. The number of aryl methyl sites for hydroxylation is 1. The van der Waals surface area contributed by atoms with E-state index < -0.39 is 5.97 Å². The number of hydrogen-bond acceptors (Lipinski definition) is 4. The molecular formula is C19H18O4. The Morgan fingerprint density at radius 1 is 1.17 bits per heavy atom. The van der Waals surface area contributed by atoms with Crippen LogP contribution in [0.25, 0.3) is 22.3 Å². The minimum atomic E-state index is -0.393. The molecule has 4 heteroatoms. The maximum atomic E-state index is 12.5. The van der Waals surface area contributed by atoms with E-state index in [4.69, 9.17) is 13.9 Å². The van der Waals surface area contributed by atoms with Gasteiger partial charge in [0, 0.05) is 10.9 Å². The Kier molecular flexibility index (Phi) is 4.06. The molecule has 2 aromatic carbocycles. The standard InChI is InChI=1S/C19H18O4/c1-4-22-19(20)17-14-11-15(21-3)12(2)10-16(14)23-18(17)13-8-6-5-7-9-13/h5-11H,4H2,1-3H3. The minimum absolute atomic E-state index is 0.308. The summed E-state index contributed by atoms with van der Waals surface area (Å²) in [4.78, 5) is 12.5. The molecule has 0 fully saturated rings. The number of rotatable bonds is 4. The maximum Gasteiger partial charge on any atom is 0.342 e. The van der Waals surface area contributed by atoms with Gasteiger partial charge in [-0.15, -0.1) is 0 Å². The molecule has 1 aromatic heterocycles. The average Bonchev–Trinajstić information content (AvgIpc) is 2.93. The van der Waals surface area contributed by atoms with Crippen molar-refractivity contribution in [3.8, 4) is 17.1 Å². The molecule has 0 N–H and O–H groups in total. The molecule has 1 heterocycles. The van der Waals surface area contributed by atoms with Crippen LogP contribution in [0.3, 0.4) is 0 Å². The van der Waals surface area contributed by atoms with Crippen molar-refractivity contribution in [1.82, 2.24) is 0 Å². The van der Waals surface area contributed by atoms with Crippen molar-refractivity contribution in [2.75, 3.05) is 13.7 Å². The Morgan fingerprint density at radius 3 is 2.57 bits per heavy atom. The third kappa shape index (κ3) is 2.68. The summed E-state index contributed by atoms with van der Waals surface area (Å²) >= 11 is 0. The zero-order valence-electron chi connectivity index (χ0n) is 13.4. The fraction of sp³-hybridized carbons (Fsp3) is 0.211. The number of furan rings is 1. The predicted octanol–water partition coefficient (Wildman–Crippen LogP) is 4.59. The van der Waals surface area contributed by atoms with Crippen molar-refractivity contribution < 1.29 is 18.7 Å². The molecule has 23 heavy (non-hydrogen) atoms. The summed E-state index contributed by atoms with van der Waals surface area (Å²) in [6, 6.07) is 13.3. The Morgan fingerprint density at radius 2 is 1.91 bits per heavy atom. The van der Waals surface area contributed by atoms with Crippen LogP contribution in [0.2, 0.25) is 0 Å². The number of esters is 1. The van der Waals surface area contributed by atoms with Crippen molar-refractivity contribution in [2.24, 2.45) is 0 Å². The lowest BCUT2D eigenvalue weighted by Crippen LogP contribution is -2.05. The molecule has 3 aromatic rings. The second-order valence-electron chi connectivity index (χ2n) is 5.21. The number of ether oxygens (including phenoxy) is 2. The van der Waals surface area contributed by atoms with Crippen LogP contribution in [0.4, 0.5) is 0 Å². The van der Waals surface area contributed by atoms with Crippen LogP contribution in [0.15, 0.2) is 46.9 Å². The van der Waals surface area contributed by atoms with E-state index in [1.54, 1.807) is 14.0 Å². The lowest BCUT2D eigenvalue weighted by molar-refractivity contribution is 0.0529. The molecule has 0 atom stereocenters. The van der Waals surface area contributed by atoms with Crippen LogP contribution in [0.5, 0.6) is 5.75 Å². The normalized spacial score (nSPS) is 10.7. The number of hydrogen-bond donors (Lipinski definition) is 0. The van der Waals surface area contributed by atoms with Gasteiger partial charge in [0.2, 0.25) is 0 Å². The molecule has 118 valence electrons. The molecule has 0 spiro atoms. The Balaban J connectivity index is 2.30. The topological polar surface area (TPSA) is 48.7 Å². The van der Waals surface area contributed by atoms with Gasteiger partial charge >= 0.3 is 5.97 Å². The van der Waals surface area contributed by atoms with E-state index in [0.29, 0.717) is 34.6 Å². The summed E-state index contributed by atoms with van der Waals surface area (Å²) in [7, 11) is 1.61. The number of carbonyl (C=O) groups excluding carboxylic acids is 1. The van der Waals surface area contributed by atoms with E-state index in [9.17, 15) is 4.79 Å². The molecule has 0 bridgehead atoms. The van der Waals surface area contributed by atoms with Crippen LogP contribution in [-0.4, -0.2) is 19.7 Å². The highest BCUT2D eigenvalue weighted by molar-refractivity contribution is 6.09. The molecule has 0 saturated heterocycles. The summed E-state index contributed by atoms with van der Waals surface area (Å²) in [5.41, 5.74) is 2.86. The molecule has 0 aliphatic carbocycles. The molecule has 0 radical (unpaired) electrons. The molecule has 4 nitrogen and oxygen atoms in total. The van der Waals surface area contributed by atoms with E-state index in [2.05, 4.69) is 0 Å². The highest BCUT2D eigenvalue weighted by Crippen LogP contribution is 2.37. The summed E-state index contributed by atoms with van der Waals surface area (Å²) in [5, 5.41) is 0.699. The third-order valence-corrected chi connectivity index (χ3v) is 3.72. The highest BCUT2D eigenvalue weighted by atomic mass is 16.5. The van der Waals surface area contributed by atoms with Crippen molar-refractivity contribution in [1.29, 1.82) is 0 Å². The Hall–Kier alpha value is -2.75. The first kappa shape index (κ1) is 15.2. The van der Waals surface area contributed by atoms with Gasteiger partial charge in [-0.1, -0.05) is 30.3 Å². The molecule has 0 aliphatic heterocycles. The van der Waals surface area contributed by atoms with Gasteiger partial charge in [0.05, 0.1) is 13.7 Å². The average molecular weight is 310 g/mol. The largest absolute Gasteiger partial charge is 0.496 e. The Bertz CT molecular complexity index is 847. The molecule has 3 rings (SSSR count). The number of carbonyl (C=O) groups is 1. The Labute approximate surface area is 134 Å². The lowest BCUT2D eigenvalue weighted by Gasteiger charge is -2.05.